The van der Waals surface area contributed by atoms with Crippen molar-refractivity contribution in [3.05, 3.63) is 63.9 Å². The number of amides is 1. The molecule has 0 fully saturated rings. The number of hydrogen-bond acceptors (Lipinski definition) is 3. The second-order valence-electron chi connectivity index (χ2n) is 5.92. The lowest BCUT2D eigenvalue weighted by Gasteiger charge is -2.17. The van der Waals surface area contributed by atoms with Crippen LogP contribution in [0.25, 0.3) is 11.0 Å². The van der Waals surface area contributed by atoms with Crippen LogP contribution in [0.3, 0.4) is 0 Å². The first-order valence-corrected chi connectivity index (χ1v) is 10.4. The number of para-hydroxylation sites is 2. The number of nitrogens with zero attached hydrogens (tertiary/aromatic N) is 1. The highest BCUT2D eigenvalue weighted by Crippen LogP contribution is 2.25. The molecule has 0 unspecified atom stereocenters. The van der Waals surface area contributed by atoms with Gasteiger partial charge in [0.25, 0.3) is 0 Å². The highest BCUT2D eigenvalue weighted by molar-refractivity contribution is 7.98. The third-order valence-corrected chi connectivity index (χ3v) is 5.43. The smallest absolute Gasteiger partial charge is 0.225 e. The minimum Gasteiger partial charge on any atom is -0.346 e. The standard InChI is InChI=1S/C19H19Cl2N3OS/c1-26-10-9-17(19-23-15-7-2-3-8-16(15)24-19)22-18(25)11-12-13(20)5-4-6-14(12)21/h2-8,17H,9-11H2,1H3,(H,22,25)(H,23,24)/t17-/m0/s1. The van der Waals surface area contributed by atoms with Gasteiger partial charge in [0.05, 0.1) is 23.5 Å². The summed E-state index contributed by atoms with van der Waals surface area (Å²) in [5, 5.41) is 4.06. The van der Waals surface area contributed by atoms with Crippen molar-refractivity contribution in [3.63, 3.8) is 0 Å². The van der Waals surface area contributed by atoms with E-state index >= 15 is 0 Å². The predicted molar refractivity (Wildman–Crippen MR) is 110 cm³/mol. The Kier molecular flexibility index (Phi) is 6.46. The van der Waals surface area contributed by atoms with Gasteiger partial charge in [-0.25, -0.2) is 4.98 Å². The lowest BCUT2D eigenvalue weighted by atomic mass is 10.1. The zero-order valence-electron chi connectivity index (χ0n) is 14.3. The Balaban J connectivity index is 1.78. The van der Waals surface area contributed by atoms with E-state index in [2.05, 4.69) is 15.3 Å². The molecule has 3 rings (SSSR count). The van der Waals surface area contributed by atoms with Crippen molar-refractivity contribution < 1.29 is 4.79 Å². The topological polar surface area (TPSA) is 57.8 Å². The van der Waals surface area contributed by atoms with Gasteiger partial charge in [-0.05, 0) is 48.3 Å². The summed E-state index contributed by atoms with van der Waals surface area (Å²) in [5.74, 6) is 1.54. The summed E-state index contributed by atoms with van der Waals surface area (Å²) >= 11 is 14.1. The molecule has 0 saturated carbocycles. The zero-order valence-corrected chi connectivity index (χ0v) is 16.6. The maximum Gasteiger partial charge on any atom is 0.225 e. The molecule has 0 aliphatic rings. The summed E-state index contributed by atoms with van der Waals surface area (Å²) in [6.45, 7) is 0. The van der Waals surface area contributed by atoms with Gasteiger partial charge in [-0.3, -0.25) is 4.79 Å². The first-order chi connectivity index (χ1) is 12.6. The van der Waals surface area contributed by atoms with E-state index in [9.17, 15) is 4.79 Å². The second kappa shape index (κ2) is 8.80. The molecule has 1 heterocycles. The molecule has 0 bridgehead atoms. The molecular weight excluding hydrogens is 389 g/mol. The maximum absolute atomic E-state index is 12.6. The Morgan fingerprint density at radius 1 is 1.19 bits per heavy atom. The third-order valence-electron chi connectivity index (χ3n) is 4.08. The molecule has 0 aliphatic carbocycles. The minimum absolute atomic E-state index is 0.133. The number of imidazole rings is 1. The lowest BCUT2D eigenvalue weighted by Crippen LogP contribution is -2.31. The predicted octanol–water partition coefficient (Wildman–Crippen LogP) is 5.02. The van der Waals surface area contributed by atoms with Crippen LogP contribution in [0.2, 0.25) is 10.0 Å². The first kappa shape index (κ1) is 19.1. The molecule has 0 saturated heterocycles. The van der Waals surface area contributed by atoms with Crippen molar-refractivity contribution in [1.82, 2.24) is 15.3 Å². The fraction of sp³-hybridized carbons (Fsp3) is 0.263. The van der Waals surface area contributed by atoms with Gasteiger partial charge in [0.2, 0.25) is 5.91 Å². The Hall–Kier alpha value is -1.69. The van der Waals surface area contributed by atoms with Crippen LogP contribution in [-0.2, 0) is 11.2 Å². The number of H-pyrrole nitrogens is 1. The van der Waals surface area contributed by atoms with Crippen LogP contribution in [0.4, 0.5) is 0 Å². The number of fused-ring (bicyclic) bond motifs is 1. The molecule has 0 aliphatic heterocycles. The number of rotatable bonds is 7. The molecule has 7 heteroatoms. The van der Waals surface area contributed by atoms with Gasteiger partial charge in [-0.1, -0.05) is 41.4 Å². The van der Waals surface area contributed by atoms with Crippen LogP contribution in [0.5, 0.6) is 0 Å². The van der Waals surface area contributed by atoms with Crippen LogP contribution in [-0.4, -0.2) is 27.9 Å². The number of benzene rings is 2. The second-order valence-corrected chi connectivity index (χ2v) is 7.72. The Bertz CT molecular complexity index is 859. The van der Waals surface area contributed by atoms with E-state index in [4.69, 9.17) is 23.2 Å². The summed E-state index contributed by atoms with van der Waals surface area (Å²) < 4.78 is 0. The molecule has 2 aromatic carbocycles. The molecule has 2 N–H and O–H groups in total. The van der Waals surface area contributed by atoms with Crippen LogP contribution in [0, 0.1) is 0 Å². The third kappa shape index (κ3) is 4.53. The van der Waals surface area contributed by atoms with Crippen molar-refractivity contribution in [3.8, 4) is 0 Å². The SMILES string of the molecule is CSCC[C@H](NC(=O)Cc1c(Cl)cccc1Cl)c1nc2ccccc2[nH]1. The quantitative estimate of drug-likeness (QED) is 0.577. The number of halogens is 2. The average molecular weight is 408 g/mol. The van der Waals surface area contributed by atoms with E-state index < -0.39 is 0 Å². The number of carbonyl (C=O) groups is 1. The van der Waals surface area contributed by atoms with E-state index in [1.165, 1.54) is 0 Å². The van der Waals surface area contributed by atoms with Gasteiger partial charge < -0.3 is 10.3 Å². The zero-order chi connectivity index (χ0) is 18.5. The molecule has 136 valence electrons. The number of carbonyl (C=O) groups excluding carboxylic acids is 1. The van der Waals surface area contributed by atoms with Crippen LogP contribution >= 0.6 is 35.0 Å². The first-order valence-electron chi connectivity index (χ1n) is 8.24. The molecule has 3 aromatic rings. The van der Waals surface area contributed by atoms with E-state index in [0.717, 1.165) is 29.0 Å². The molecule has 0 spiro atoms. The van der Waals surface area contributed by atoms with Crippen molar-refractivity contribution in [2.75, 3.05) is 12.0 Å². The average Bonchev–Trinajstić information content (AvgIpc) is 3.06. The number of aromatic nitrogens is 2. The number of hydrogen-bond donors (Lipinski definition) is 2. The van der Waals surface area contributed by atoms with Gasteiger partial charge in [0.15, 0.2) is 0 Å². The molecule has 0 radical (unpaired) electrons. The monoisotopic (exact) mass is 407 g/mol. The fourth-order valence-corrected chi connectivity index (χ4v) is 3.76. The number of thioether (sulfide) groups is 1. The van der Waals surface area contributed by atoms with Crippen molar-refractivity contribution in [1.29, 1.82) is 0 Å². The highest BCUT2D eigenvalue weighted by atomic mass is 35.5. The Morgan fingerprint density at radius 2 is 1.92 bits per heavy atom. The summed E-state index contributed by atoms with van der Waals surface area (Å²) in [5.41, 5.74) is 2.49. The maximum atomic E-state index is 12.6. The van der Waals surface area contributed by atoms with Crippen molar-refractivity contribution >= 4 is 51.9 Å². The van der Waals surface area contributed by atoms with Gasteiger partial charge in [0.1, 0.15) is 5.82 Å². The molecule has 1 atom stereocenters. The van der Waals surface area contributed by atoms with Crippen molar-refractivity contribution in [2.24, 2.45) is 0 Å². The molecule has 1 aromatic heterocycles. The van der Waals surface area contributed by atoms with Crippen LogP contribution in [0.1, 0.15) is 23.9 Å². The molecular formula is C19H19Cl2N3OS. The van der Waals surface area contributed by atoms with E-state index in [1.54, 1.807) is 30.0 Å². The summed E-state index contributed by atoms with van der Waals surface area (Å²) in [4.78, 5) is 20.5. The van der Waals surface area contributed by atoms with Crippen LogP contribution in [0.15, 0.2) is 42.5 Å². The molecule has 26 heavy (non-hydrogen) atoms. The molecule has 4 nitrogen and oxygen atoms in total. The summed E-state index contributed by atoms with van der Waals surface area (Å²) in [6.07, 6.45) is 2.96. The normalized spacial score (nSPS) is 12.3. The highest BCUT2D eigenvalue weighted by Gasteiger charge is 2.19. The van der Waals surface area contributed by atoms with E-state index in [-0.39, 0.29) is 18.4 Å². The largest absolute Gasteiger partial charge is 0.346 e. The number of nitrogens with one attached hydrogen (secondary N) is 2. The van der Waals surface area contributed by atoms with E-state index in [0.29, 0.717) is 15.6 Å². The summed E-state index contributed by atoms with van der Waals surface area (Å²) in [6, 6.07) is 12.9. The van der Waals surface area contributed by atoms with Gasteiger partial charge in [-0.15, -0.1) is 0 Å². The Labute approximate surface area is 166 Å². The lowest BCUT2D eigenvalue weighted by molar-refractivity contribution is -0.121. The van der Waals surface area contributed by atoms with Crippen molar-refractivity contribution in [2.45, 2.75) is 18.9 Å². The van der Waals surface area contributed by atoms with Gasteiger partial charge in [0, 0.05) is 10.0 Å². The summed E-state index contributed by atoms with van der Waals surface area (Å²) in [7, 11) is 0. The number of aromatic amines is 1. The van der Waals surface area contributed by atoms with Gasteiger partial charge >= 0.3 is 0 Å². The minimum atomic E-state index is -0.191. The van der Waals surface area contributed by atoms with Gasteiger partial charge in [-0.2, -0.15) is 11.8 Å². The fourth-order valence-electron chi connectivity index (χ4n) is 2.76. The van der Waals surface area contributed by atoms with E-state index in [1.807, 2.05) is 30.5 Å². The van der Waals surface area contributed by atoms with Crippen LogP contribution < -0.4 is 5.32 Å². The molecule has 1 amide bonds. The Morgan fingerprint density at radius 3 is 2.62 bits per heavy atom.